The fraction of sp³-hybridized carbons (Fsp3) is 0.462. The van der Waals surface area contributed by atoms with E-state index in [1.165, 1.54) is 4.90 Å². The molecule has 1 saturated heterocycles. The maximum Gasteiger partial charge on any atom is 0.230 e. The van der Waals surface area contributed by atoms with Crippen LogP contribution >= 0.6 is 11.6 Å². The Bertz CT molecular complexity index is 462. The second-order valence-electron chi connectivity index (χ2n) is 5.38. The van der Waals surface area contributed by atoms with E-state index >= 15 is 0 Å². The number of amides is 2. The van der Waals surface area contributed by atoms with Crippen molar-refractivity contribution in [1.82, 2.24) is 9.88 Å². The minimum absolute atomic E-state index is 0.119. The molecule has 0 unspecified atom stereocenters. The smallest absolute Gasteiger partial charge is 0.230 e. The maximum absolute atomic E-state index is 12.0. The molecule has 0 radical (unpaired) electrons. The number of nitrogens with zero attached hydrogens (tertiary/aromatic N) is 2. The lowest BCUT2D eigenvalue weighted by Crippen LogP contribution is -2.45. The molecule has 18 heavy (non-hydrogen) atoms. The minimum atomic E-state index is -0.233. The summed E-state index contributed by atoms with van der Waals surface area (Å²) in [7, 11) is 0. The van der Waals surface area contributed by atoms with Gasteiger partial charge in [-0.25, -0.2) is 4.98 Å². The van der Waals surface area contributed by atoms with Gasteiger partial charge in [-0.3, -0.25) is 14.5 Å². The summed E-state index contributed by atoms with van der Waals surface area (Å²) in [6.07, 6.45) is 2.39. The first-order chi connectivity index (χ1) is 8.37. The molecule has 1 aliphatic rings. The average Bonchev–Trinajstić information content (AvgIpc) is 2.24. The quantitative estimate of drug-likeness (QED) is 0.610. The summed E-state index contributed by atoms with van der Waals surface area (Å²) in [6.45, 7) is 4.14. The van der Waals surface area contributed by atoms with Crippen molar-refractivity contribution >= 4 is 23.4 Å². The summed E-state index contributed by atoms with van der Waals surface area (Å²) in [5, 5.41) is 0.399. The van der Waals surface area contributed by atoms with E-state index in [0.717, 1.165) is 5.56 Å². The molecular formula is C13H15ClN2O2. The number of pyridine rings is 1. The monoisotopic (exact) mass is 266 g/mol. The topological polar surface area (TPSA) is 50.3 Å². The van der Waals surface area contributed by atoms with E-state index in [0.29, 0.717) is 18.0 Å². The van der Waals surface area contributed by atoms with Gasteiger partial charge in [-0.15, -0.1) is 0 Å². The number of imide groups is 1. The number of hydrogen-bond donors (Lipinski definition) is 0. The van der Waals surface area contributed by atoms with Gasteiger partial charge < -0.3 is 0 Å². The molecule has 0 saturated carbocycles. The van der Waals surface area contributed by atoms with Crippen molar-refractivity contribution in [2.75, 3.05) is 0 Å². The van der Waals surface area contributed by atoms with Gasteiger partial charge in [0.2, 0.25) is 11.8 Å². The summed E-state index contributed by atoms with van der Waals surface area (Å²) in [5.41, 5.74) is 0.573. The lowest BCUT2D eigenvalue weighted by molar-refractivity contribution is -0.153. The summed E-state index contributed by atoms with van der Waals surface area (Å²) in [6, 6.07) is 3.43. The van der Waals surface area contributed by atoms with Crippen LogP contribution in [-0.4, -0.2) is 21.7 Å². The van der Waals surface area contributed by atoms with Crippen LogP contribution in [0.2, 0.25) is 5.15 Å². The molecule has 2 amide bonds. The highest BCUT2D eigenvalue weighted by Crippen LogP contribution is 2.32. The Hall–Kier alpha value is -1.42. The zero-order valence-electron chi connectivity index (χ0n) is 10.4. The van der Waals surface area contributed by atoms with Crippen LogP contribution in [0, 0.1) is 5.41 Å². The molecule has 2 rings (SSSR count). The van der Waals surface area contributed by atoms with Crippen LogP contribution in [-0.2, 0) is 16.1 Å². The molecule has 0 aromatic carbocycles. The highest BCUT2D eigenvalue weighted by molar-refractivity contribution is 6.29. The number of halogens is 1. The highest BCUT2D eigenvalue weighted by Gasteiger charge is 2.37. The van der Waals surface area contributed by atoms with Gasteiger partial charge in [0.25, 0.3) is 0 Å². The first-order valence-corrected chi connectivity index (χ1v) is 6.19. The van der Waals surface area contributed by atoms with E-state index in [4.69, 9.17) is 11.6 Å². The van der Waals surface area contributed by atoms with Crippen LogP contribution in [0.4, 0.5) is 0 Å². The number of carbonyl (C=O) groups excluding carboxylic acids is 2. The lowest BCUT2D eigenvalue weighted by atomic mass is 9.81. The summed E-state index contributed by atoms with van der Waals surface area (Å²) >= 11 is 5.69. The molecule has 1 aromatic rings. The van der Waals surface area contributed by atoms with Crippen LogP contribution < -0.4 is 0 Å². The summed E-state index contributed by atoms with van der Waals surface area (Å²) in [4.78, 5) is 29.1. The SMILES string of the molecule is CC1(C)CC(=O)N(Cc2ccc(Cl)nc2)C(=O)C1. The molecule has 0 bridgehead atoms. The van der Waals surface area contributed by atoms with Crippen LogP contribution in [0.25, 0.3) is 0 Å². The first kappa shape index (κ1) is 13.0. The minimum Gasteiger partial charge on any atom is -0.278 e. The molecule has 1 fully saturated rings. The Morgan fingerprint density at radius 3 is 2.39 bits per heavy atom. The van der Waals surface area contributed by atoms with Gasteiger partial charge in [0, 0.05) is 19.0 Å². The van der Waals surface area contributed by atoms with Gasteiger partial charge in [0.05, 0.1) is 6.54 Å². The average molecular weight is 267 g/mol. The number of piperidine rings is 1. The zero-order valence-corrected chi connectivity index (χ0v) is 11.2. The second kappa shape index (κ2) is 4.69. The highest BCUT2D eigenvalue weighted by atomic mass is 35.5. The Labute approximate surface area is 111 Å². The third kappa shape index (κ3) is 2.88. The lowest BCUT2D eigenvalue weighted by Gasteiger charge is -2.34. The molecule has 4 nitrogen and oxygen atoms in total. The van der Waals surface area contributed by atoms with E-state index in [-0.39, 0.29) is 23.8 Å². The van der Waals surface area contributed by atoms with E-state index in [2.05, 4.69) is 4.98 Å². The van der Waals surface area contributed by atoms with E-state index in [9.17, 15) is 9.59 Å². The van der Waals surface area contributed by atoms with Gasteiger partial charge in [-0.2, -0.15) is 0 Å². The predicted octanol–water partition coefficient (Wildman–Crippen LogP) is 2.41. The summed E-state index contributed by atoms with van der Waals surface area (Å²) < 4.78 is 0. The van der Waals surface area contributed by atoms with Gasteiger partial charge in [-0.1, -0.05) is 31.5 Å². The number of rotatable bonds is 2. The van der Waals surface area contributed by atoms with Gasteiger partial charge >= 0.3 is 0 Å². The third-order valence-electron chi connectivity index (χ3n) is 2.99. The molecule has 1 aliphatic heterocycles. The molecule has 0 spiro atoms. The predicted molar refractivity (Wildman–Crippen MR) is 67.8 cm³/mol. The summed E-state index contributed by atoms with van der Waals surface area (Å²) in [5.74, 6) is -0.239. The molecule has 96 valence electrons. The van der Waals surface area contributed by atoms with Gasteiger partial charge in [0.1, 0.15) is 5.15 Å². The molecule has 0 aliphatic carbocycles. The van der Waals surface area contributed by atoms with Crippen molar-refractivity contribution < 1.29 is 9.59 Å². The van der Waals surface area contributed by atoms with E-state index in [1.54, 1.807) is 18.3 Å². The Morgan fingerprint density at radius 2 is 1.89 bits per heavy atom. The van der Waals surface area contributed by atoms with Crippen molar-refractivity contribution in [3.63, 3.8) is 0 Å². The van der Waals surface area contributed by atoms with E-state index < -0.39 is 0 Å². The molecular weight excluding hydrogens is 252 g/mol. The molecule has 2 heterocycles. The van der Waals surface area contributed by atoms with E-state index in [1.807, 2.05) is 13.8 Å². The van der Waals surface area contributed by atoms with Crippen molar-refractivity contribution in [2.24, 2.45) is 5.41 Å². The second-order valence-corrected chi connectivity index (χ2v) is 5.77. The number of likely N-dealkylation sites (tertiary alicyclic amines) is 1. The van der Waals surface area contributed by atoms with Crippen LogP contribution in [0.3, 0.4) is 0 Å². The molecule has 1 aromatic heterocycles. The molecule has 0 N–H and O–H groups in total. The van der Waals surface area contributed by atoms with Crippen molar-refractivity contribution in [3.05, 3.63) is 29.0 Å². The largest absolute Gasteiger partial charge is 0.278 e. The van der Waals surface area contributed by atoms with Crippen LogP contribution in [0.15, 0.2) is 18.3 Å². The van der Waals surface area contributed by atoms with Crippen LogP contribution in [0.1, 0.15) is 32.3 Å². The molecule has 5 heteroatoms. The van der Waals surface area contributed by atoms with Gasteiger partial charge in [0.15, 0.2) is 0 Å². The Morgan fingerprint density at radius 1 is 1.28 bits per heavy atom. The fourth-order valence-corrected chi connectivity index (χ4v) is 2.18. The third-order valence-corrected chi connectivity index (χ3v) is 3.21. The van der Waals surface area contributed by atoms with Crippen LogP contribution in [0.5, 0.6) is 0 Å². The van der Waals surface area contributed by atoms with Gasteiger partial charge in [-0.05, 0) is 17.0 Å². The number of hydrogen-bond acceptors (Lipinski definition) is 3. The first-order valence-electron chi connectivity index (χ1n) is 5.81. The van der Waals surface area contributed by atoms with Crippen molar-refractivity contribution in [2.45, 2.75) is 33.2 Å². The fourth-order valence-electron chi connectivity index (χ4n) is 2.07. The number of aromatic nitrogens is 1. The Kier molecular flexibility index (Phi) is 3.39. The molecule has 0 atom stereocenters. The maximum atomic E-state index is 12.0. The van der Waals surface area contributed by atoms with Crippen molar-refractivity contribution in [3.8, 4) is 0 Å². The Balaban J connectivity index is 2.12. The normalized spacial score (nSPS) is 19.2. The zero-order chi connectivity index (χ0) is 13.3. The standard InChI is InChI=1S/C13H15ClN2O2/c1-13(2)5-11(17)16(12(18)6-13)8-9-3-4-10(14)15-7-9/h3-4,7H,5-6,8H2,1-2H3. The number of carbonyl (C=O) groups is 2. The van der Waals surface area contributed by atoms with Crippen molar-refractivity contribution in [1.29, 1.82) is 0 Å².